The Morgan fingerprint density at radius 1 is 1.50 bits per heavy atom. The van der Waals surface area contributed by atoms with Crippen LogP contribution >= 0.6 is 12.6 Å². The van der Waals surface area contributed by atoms with Crippen molar-refractivity contribution in [2.24, 2.45) is 0 Å². The number of hydrogen-bond donors (Lipinski definition) is 0. The lowest BCUT2D eigenvalue weighted by atomic mass is 10.7. The quantitative estimate of drug-likeness (QED) is 0.606. The standard InChI is InChI=1S/C6H9O2S2/c1-3-5-10(7,8)6(9)4-2/h3-4,6H,1-2,5H2. The van der Waals surface area contributed by atoms with Crippen LogP contribution in [0.5, 0.6) is 0 Å². The molecule has 57 valence electrons. The van der Waals surface area contributed by atoms with E-state index in [0.717, 1.165) is 0 Å². The van der Waals surface area contributed by atoms with E-state index in [1.807, 2.05) is 0 Å². The number of sulfone groups is 1. The SMILES string of the molecule is C=CCS(=O)(=O)C([S])C=C. The van der Waals surface area contributed by atoms with E-state index in [1.165, 1.54) is 12.2 Å². The summed E-state index contributed by atoms with van der Waals surface area (Å²) >= 11 is 4.59. The average molecular weight is 177 g/mol. The van der Waals surface area contributed by atoms with Gasteiger partial charge in [-0.3, -0.25) is 0 Å². The van der Waals surface area contributed by atoms with Gasteiger partial charge in [0.15, 0.2) is 9.84 Å². The van der Waals surface area contributed by atoms with E-state index >= 15 is 0 Å². The van der Waals surface area contributed by atoms with Crippen molar-refractivity contribution in [3.63, 3.8) is 0 Å². The van der Waals surface area contributed by atoms with Gasteiger partial charge in [-0.15, -0.1) is 13.2 Å². The van der Waals surface area contributed by atoms with Crippen LogP contribution in [0.2, 0.25) is 0 Å². The minimum Gasteiger partial charge on any atom is -0.227 e. The van der Waals surface area contributed by atoms with Gasteiger partial charge in [0.05, 0.1) is 5.75 Å². The highest BCUT2D eigenvalue weighted by atomic mass is 32.2. The maximum atomic E-state index is 10.9. The predicted octanol–water partition coefficient (Wildman–Crippen LogP) is 1.30. The molecule has 0 saturated heterocycles. The third-order valence-electron chi connectivity index (χ3n) is 0.897. The molecule has 0 heterocycles. The highest BCUT2D eigenvalue weighted by Crippen LogP contribution is 2.07. The number of rotatable bonds is 4. The first-order valence-corrected chi connectivity index (χ1v) is 4.84. The Morgan fingerprint density at radius 3 is 2.30 bits per heavy atom. The van der Waals surface area contributed by atoms with Crippen LogP contribution in [0.25, 0.3) is 0 Å². The lowest BCUT2D eigenvalue weighted by Gasteiger charge is -2.01. The molecular formula is C6H9O2S2. The van der Waals surface area contributed by atoms with E-state index in [-0.39, 0.29) is 5.75 Å². The molecule has 10 heavy (non-hydrogen) atoms. The molecule has 2 nitrogen and oxygen atoms in total. The minimum absolute atomic E-state index is 0.0762. The highest BCUT2D eigenvalue weighted by Gasteiger charge is 2.16. The molecular weight excluding hydrogens is 168 g/mol. The van der Waals surface area contributed by atoms with E-state index in [9.17, 15) is 8.42 Å². The van der Waals surface area contributed by atoms with Crippen molar-refractivity contribution >= 4 is 22.5 Å². The Kier molecular flexibility index (Phi) is 3.75. The highest BCUT2D eigenvalue weighted by molar-refractivity contribution is 8.05. The molecule has 0 amide bonds. The van der Waals surface area contributed by atoms with Crippen LogP contribution in [0.15, 0.2) is 25.3 Å². The van der Waals surface area contributed by atoms with Crippen LogP contribution in [-0.4, -0.2) is 18.8 Å². The molecule has 0 aromatic heterocycles. The molecule has 0 aliphatic rings. The summed E-state index contributed by atoms with van der Waals surface area (Å²) in [5, 5.41) is 0. The van der Waals surface area contributed by atoms with E-state index in [1.54, 1.807) is 0 Å². The number of hydrogen-bond acceptors (Lipinski definition) is 2. The molecule has 0 aromatic rings. The van der Waals surface area contributed by atoms with Crippen LogP contribution in [-0.2, 0) is 9.84 Å². The fourth-order valence-electron chi connectivity index (χ4n) is 0.406. The van der Waals surface area contributed by atoms with Crippen molar-refractivity contribution in [1.29, 1.82) is 0 Å². The molecule has 0 saturated carbocycles. The van der Waals surface area contributed by atoms with Gasteiger partial charge < -0.3 is 0 Å². The molecule has 0 spiro atoms. The van der Waals surface area contributed by atoms with Crippen LogP contribution in [0.1, 0.15) is 0 Å². The van der Waals surface area contributed by atoms with Crippen molar-refractivity contribution in [2.45, 2.75) is 4.58 Å². The lowest BCUT2D eigenvalue weighted by Crippen LogP contribution is -2.14. The molecule has 1 atom stereocenters. The van der Waals surface area contributed by atoms with E-state index in [0.29, 0.717) is 0 Å². The zero-order chi connectivity index (χ0) is 8.20. The molecule has 1 unspecified atom stereocenters. The minimum atomic E-state index is -3.18. The van der Waals surface area contributed by atoms with Gasteiger partial charge >= 0.3 is 0 Å². The first-order valence-electron chi connectivity index (χ1n) is 2.65. The van der Waals surface area contributed by atoms with Crippen molar-refractivity contribution in [1.82, 2.24) is 0 Å². The van der Waals surface area contributed by atoms with Gasteiger partial charge in [-0.05, 0) is 0 Å². The molecule has 0 rings (SSSR count). The molecule has 0 aromatic carbocycles. The van der Waals surface area contributed by atoms with Gasteiger partial charge in [0.2, 0.25) is 0 Å². The Bertz CT molecular complexity index is 216. The van der Waals surface area contributed by atoms with Crippen LogP contribution in [0.4, 0.5) is 0 Å². The Balaban J connectivity index is 4.40. The normalized spacial score (nSPS) is 14.1. The van der Waals surface area contributed by atoms with Crippen molar-refractivity contribution in [2.75, 3.05) is 5.75 Å². The molecule has 0 aliphatic heterocycles. The molecule has 0 aliphatic carbocycles. The van der Waals surface area contributed by atoms with Gasteiger partial charge in [-0.25, -0.2) is 8.42 Å². The lowest BCUT2D eigenvalue weighted by molar-refractivity contribution is 0.600. The summed E-state index contributed by atoms with van der Waals surface area (Å²) < 4.78 is 20.9. The monoisotopic (exact) mass is 177 g/mol. The smallest absolute Gasteiger partial charge is 0.170 e. The van der Waals surface area contributed by atoms with Crippen molar-refractivity contribution < 1.29 is 8.42 Å². The van der Waals surface area contributed by atoms with Crippen LogP contribution in [0, 0.1) is 0 Å². The molecule has 0 fully saturated rings. The van der Waals surface area contributed by atoms with Gasteiger partial charge in [-0.2, -0.15) is 0 Å². The summed E-state index contributed by atoms with van der Waals surface area (Å²) in [7, 11) is -3.18. The van der Waals surface area contributed by atoms with Crippen molar-refractivity contribution in [3.8, 4) is 0 Å². The third kappa shape index (κ3) is 2.58. The first-order chi connectivity index (χ1) is 4.54. The van der Waals surface area contributed by atoms with Gasteiger partial charge in [0.1, 0.15) is 4.58 Å². The van der Waals surface area contributed by atoms with Crippen LogP contribution < -0.4 is 0 Å². The van der Waals surface area contributed by atoms with Gasteiger partial charge in [-0.1, -0.05) is 24.8 Å². The van der Waals surface area contributed by atoms with Gasteiger partial charge in [0, 0.05) is 0 Å². The topological polar surface area (TPSA) is 34.1 Å². The second-order valence-electron chi connectivity index (χ2n) is 1.72. The predicted molar refractivity (Wildman–Crippen MR) is 45.6 cm³/mol. The molecule has 0 bridgehead atoms. The molecule has 1 radical (unpaired) electrons. The van der Waals surface area contributed by atoms with E-state index in [4.69, 9.17) is 0 Å². The van der Waals surface area contributed by atoms with Crippen LogP contribution in [0.3, 0.4) is 0 Å². The molecule has 0 N–H and O–H groups in total. The summed E-state index contributed by atoms with van der Waals surface area (Å²) in [6.07, 6.45) is 2.55. The average Bonchev–Trinajstić information content (AvgIpc) is 1.86. The fraction of sp³-hybridized carbons (Fsp3) is 0.333. The molecule has 4 heteroatoms. The Morgan fingerprint density at radius 2 is 2.00 bits per heavy atom. The summed E-state index contributed by atoms with van der Waals surface area (Å²) in [5.41, 5.74) is 0. The van der Waals surface area contributed by atoms with E-state index < -0.39 is 14.4 Å². The first kappa shape index (κ1) is 9.78. The Labute approximate surface area is 67.0 Å². The maximum absolute atomic E-state index is 10.9. The third-order valence-corrected chi connectivity index (χ3v) is 3.57. The summed E-state index contributed by atoms with van der Waals surface area (Å²) in [6.45, 7) is 6.59. The largest absolute Gasteiger partial charge is 0.227 e. The zero-order valence-corrected chi connectivity index (χ0v) is 7.12. The zero-order valence-electron chi connectivity index (χ0n) is 5.49. The summed E-state index contributed by atoms with van der Waals surface area (Å²) in [4.78, 5) is 0. The maximum Gasteiger partial charge on any atom is 0.170 e. The van der Waals surface area contributed by atoms with Crippen molar-refractivity contribution in [3.05, 3.63) is 25.3 Å². The summed E-state index contributed by atoms with van der Waals surface area (Å²) in [6, 6.07) is 0. The second kappa shape index (κ2) is 3.83. The van der Waals surface area contributed by atoms with E-state index in [2.05, 4.69) is 25.8 Å². The Hall–Kier alpha value is -0.220. The fourth-order valence-corrected chi connectivity index (χ4v) is 1.45. The second-order valence-corrected chi connectivity index (χ2v) is 4.70. The summed E-state index contributed by atoms with van der Waals surface area (Å²) in [5.74, 6) is -0.0762. The van der Waals surface area contributed by atoms with Gasteiger partial charge in [0.25, 0.3) is 0 Å².